The molecule has 3 rings (SSSR count). The quantitative estimate of drug-likeness (QED) is 0.505. The molecule has 0 bridgehead atoms. The van der Waals surface area contributed by atoms with Crippen LogP contribution < -0.4 is 0 Å². The Hall–Kier alpha value is -2.82. The molecule has 0 heterocycles. The number of allylic oxidation sites excluding steroid dienone is 1. The van der Waals surface area contributed by atoms with Gasteiger partial charge in [-0.15, -0.1) is 5.73 Å². The summed E-state index contributed by atoms with van der Waals surface area (Å²) >= 11 is 0. The van der Waals surface area contributed by atoms with Gasteiger partial charge < -0.3 is 0 Å². The van der Waals surface area contributed by atoms with Crippen LogP contribution in [0.2, 0.25) is 0 Å². The van der Waals surface area contributed by atoms with Crippen LogP contribution in [-0.4, -0.2) is 0 Å². The van der Waals surface area contributed by atoms with Crippen LogP contribution in [0.1, 0.15) is 23.1 Å². The van der Waals surface area contributed by atoms with Gasteiger partial charge in [-0.1, -0.05) is 91.0 Å². The molecule has 3 aromatic carbocycles. The molecule has 0 fully saturated rings. The monoisotopic (exact) mass is 296 g/mol. The fraction of sp³-hybridized carbons (Fsp3) is 0.0870. The van der Waals surface area contributed by atoms with E-state index in [1.54, 1.807) is 0 Å². The fourth-order valence-electron chi connectivity index (χ4n) is 2.57. The van der Waals surface area contributed by atoms with Crippen molar-refractivity contribution in [2.24, 2.45) is 0 Å². The van der Waals surface area contributed by atoms with E-state index in [0.29, 0.717) is 0 Å². The molecule has 0 aliphatic rings. The maximum absolute atomic E-state index is 3.51. The maximum Gasteiger partial charge on any atom is 0.00156 e. The van der Waals surface area contributed by atoms with Gasteiger partial charge in [0.05, 0.1) is 0 Å². The van der Waals surface area contributed by atoms with Crippen molar-refractivity contribution in [2.45, 2.75) is 12.8 Å². The topological polar surface area (TPSA) is 0 Å². The summed E-state index contributed by atoms with van der Waals surface area (Å²) in [5.41, 5.74) is 8.55. The number of hydrogen-bond donors (Lipinski definition) is 0. The average molecular weight is 296 g/mol. The van der Waals surface area contributed by atoms with Crippen LogP contribution in [0.4, 0.5) is 0 Å². The van der Waals surface area contributed by atoms with Gasteiger partial charge in [-0.25, -0.2) is 0 Å². The van der Waals surface area contributed by atoms with Gasteiger partial charge in [0.2, 0.25) is 0 Å². The second-order valence-corrected chi connectivity index (χ2v) is 5.53. The molecule has 0 saturated heterocycles. The molecule has 3 aromatic rings. The van der Waals surface area contributed by atoms with Crippen molar-refractivity contribution in [3.05, 3.63) is 113 Å². The third-order valence-corrected chi connectivity index (χ3v) is 3.84. The normalized spacial score (nSPS) is 9.91. The van der Waals surface area contributed by atoms with Gasteiger partial charge in [0.1, 0.15) is 0 Å². The third kappa shape index (κ3) is 4.57. The van der Waals surface area contributed by atoms with E-state index < -0.39 is 0 Å². The lowest BCUT2D eigenvalue weighted by molar-refractivity contribution is 1.02. The Morgan fingerprint density at radius 3 is 1.91 bits per heavy atom. The molecule has 0 N–H and O–H groups in total. The minimum absolute atomic E-state index is 0.983. The molecule has 0 aliphatic carbocycles. The van der Waals surface area contributed by atoms with Crippen molar-refractivity contribution < 1.29 is 0 Å². The second kappa shape index (κ2) is 7.98. The standard InChI is InChI=1S/C23H20/c1-4-10-20(11-5-1)16-18-23(22-14-8-3-9-15-22)19-17-21-12-6-2-7-13-21/h1-16H,17,19H2. The Morgan fingerprint density at radius 1 is 0.696 bits per heavy atom. The molecule has 0 heteroatoms. The van der Waals surface area contributed by atoms with Gasteiger partial charge >= 0.3 is 0 Å². The van der Waals surface area contributed by atoms with Crippen LogP contribution in [0.25, 0.3) is 11.6 Å². The van der Waals surface area contributed by atoms with Crippen LogP contribution >= 0.6 is 0 Å². The Morgan fingerprint density at radius 2 is 1.26 bits per heavy atom. The SMILES string of the molecule is C(=Cc1ccccc1)=C(CCc1ccccc1)c1ccccc1. The Kier molecular flexibility index (Phi) is 5.24. The molecule has 23 heavy (non-hydrogen) atoms. The van der Waals surface area contributed by atoms with Gasteiger partial charge in [0.25, 0.3) is 0 Å². The van der Waals surface area contributed by atoms with E-state index in [9.17, 15) is 0 Å². The molecule has 0 spiro atoms. The lowest BCUT2D eigenvalue weighted by atomic mass is 9.98. The zero-order chi connectivity index (χ0) is 15.7. The van der Waals surface area contributed by atoms with Crippen molar-refractivity contribution >= 4 is 11.6 Å². The molecule has 0 aromatic heterocycles. The summed E-state index contributed by atoms with van der Waals surface area (Å²) in [5.74, 6) is 0. The molecule has 0 nitrogen and oxygen atoms in total. The second-order valence-electron chi connectivity index (χ2n) is 5.53. The van der Waals surface area contributed by atoms with Crippen molar-refractivity contribution in [3.8, 4) is 0 Å². The smallest absolute Gasteiger partial charge is 0.00156 e. The third-order valence-electron chi connectivity index (χ3n) is 3.84. The van der Waals surface area contributed by atoms with Crippen molar-refractivity contribution in [1.82, 2.24) is 0 Å². The summed E-state index contributed by atoms with van der Waals surface area (Å²) in [6.07, 6.45) is 4.09. The van der Waals surface area contributed by atoms with E-state index in [2.05, 4.69) is 96.7 Å². The highest BCUT2D eigenvalue weighted by molar-refractivity contribution is 5.69. The molecular weight excluding hydrogens is 276 g/mol. The lowest BCUT2D eigenvalue weighted by Gasteiger charge is -2.06. The first kappa shape index (κ1) is 15.1. The highest BCUT2D eigenvalue weighted by Gasteiger charge is 2.01. The van der Waals surface area contributed by atoms with Crippen LogP contribution in [-0.2, 0) is 6.42 Å². The minimum atomic E-state index is 0.983. The first-order valence-corrected chi connectivity index (χ1v) is 8.02. The number of aryl methyl sites for hydroxylation is 1. The summed E-state index contributed by atoms with van der Waals surface area (Å²) in [5, 5.41) is 0. The van der Waals surface area contributed by atoms with Gasteiger partial charge in [-0.3, -0.25) is 0 Å². The maximum atomic E-state index is 3.51. The van der Waals surface area contributed by atoms with Crippen LogP contribution in [0, 0.1) is 0 Å². The molecule has 112 valence electrons. The van der Waals surface area contributed by atoms with E-state index in [-0.39, 0.29) is 0 Å². The van der Waals surface area contributed by atoms with Crippen molar-refractivity contribution in [3.63, 3.8) is 0 Å². The lowest BCUT2D eigenvalue weighted by Crippen LogP contribution is -1.88. The Balaban J connectivity index is 1.87. The molecule has 0 radical (unpaired) electrons. The molecular formula is C23H20. The minimum Gasteiger partial charge on any atom is -0.116 e. The summed E-state index contributed by atoms with van der Waals surface area (Å²) in [4.78, 5) is 0. The van der Waals surface area contributed by atoms with Crippen LogP contribution in [0.15, 0.2) is 96.7 Å². The van der Waals surface area contributed by atoms with E-state index in [0.717, 1.165) is 12.8 Å². The number of benzene rings is 3. The summed E-state index contributed by atoms with van der Waals surface area (Å²) in [7, 11) is 0. The van der Waals surface area contributed by atoms with Crippen LogP contribution in [0.3, 0.4) is 0 Å². The number of hydrogen-bond acceptors (Lipinski definition) is 0. The molecule has 0 atom stereocenters. The van der Waals surface area contributed by atoms with Gasteiger partial charge in [-0.2, -0.15) is 0 Å². The van der Waals surface area contributed by atoms with E-state index in [1.165, 1.54) is 22.3 Å². The van der Waals surface area contributed by atoms with Crippen LogP contribution in [0.5, 0.6) is 0 Å². The zero-order valence-corrected chi connectivity index (χ0v) is 13.2. The van der Waals surface area contributed by atoms with E-state index in [4.69, 9.17) is 0 Å². The van der Waals surface area contributed by atoms with Gasteiger partial charge in [0.15, 0.2) is 0 Å². The fourth-order valence-corrected chi connectivity index (χ4v) is 2.57. The predicted octanol–water partition coefficient (Wildman–Crippen LogP) is 6.02. The predicted molar refractivity (Wildman–Crippen MR) is 99.0 cm³/mol. The molecule has 0 amide bonds. The molecule has 0 unspecified atom stereocenters. The largest absolute Gasteiger partial charge is 0.116 e. The highest BCUT2D eigenvalue weighted by Crippen LogP contribution is 2.20. The van der Waals surface area contributed by atoms with E-state index in [1.807, 2.05) is 6.07 Å². The zero-order valence-electron chi connectivity index (χ0n) is 13.2. The molecule has 0 aliphatic heterocycles. The summed E-state index contributed by atoms with van der Waals surface area (Å²) < 4.78 is 0. The summed E-state index contributed by atoms with van der Waals surface area (Å²) in [6, 6.07) is 31.5. The average Bonchev–Trinajstić information content (AvgIpc) is 2.64. The number of rotatable bonds is 5. The van der Waals surface area contributed by atoms with E-state index >= 15 is 0 Å². The van der Waals surface area contributed by atoms with Crippen molar-refractivity contribution in [1.29, 1.82) is 0 Å². The Labute approximate surface area is 138 Å². The van der Waals surface area contributed by atoms with Crippen molar-refractivity contribution in [2.75, 3.05) is 0 Å². The van der Waals surface area contributed by atoms with Gasteiger partial charge in [-0.05, 0) is 35.6 Å². The first-order chi connectivity index (χ1) is 11.4. The van der Waals surface area contributed by atoms with Gasteiger partial charge in [0, 0.05) is 5.57 Å². The first-order valence-electron chi connectivity index (χ1n) is 8.02. The Bertz CT molecular complexity index is 777. The molecule has 0 saturated carbocycles. The summed E-state index contributed by atoms with van der Waals surface area (Å²) in [6.45, 7) is 0. The highest BCUT2D eigenvalue weighted by atomic mass is 14.1.